The lowest BCUT2D eigenvalue weighted by Crippen LogP contribution is -2.00. The maximum Gasteiger partial charge on any atom is 0.180 e. The van der Waals surface area contributed by atoms with Crippen molar-refractivity contribution in [2.45, 2.75) is 0 Å². The highest BCUT2D eigenvalue weighted by Crippen LogP contribution is 2.26. The zero-order chi connectivity index (χ0) is 19.9. The van der Waals surface area contributed by atoms with E-state index in [4.69, 9.17) is 4.98 Å². The summed E-state index contributed by atoms with van der Waals surface area (Å²) in [5.74, 6) is 0.692. The van der Waals surface area contributed by atoms with Crippen LogP contribution in [0.4, 0.5) is 11.5 Å². The minimum atomic E-state index is 0.692. The summed E-state index contributed by atoms with van der Waals surface area (Å²) in [6, 6.07) is 14.2. The summed E-state index contributed by atoms with van der Waals surface area (Å²) >= 11 is 0. The van der Waals surface area contributed by atoms with Crippen molar-refractivity contribution in [3.05, 3.63) is 86.0 Å². The smallest absolute Gasteiger partial charge is 0.180 e. The van der Waals surface area contributed by atoms with Gasteiger partial charge in [-0.15, -0.1) is 0 Å². The van der Waals surface area contributed by atoms with Gasteiger partial charge in [0.25, 0.3) is 0 Å². The van der Waals surface area contributed by atoms with Gasteiger partial charge in [-0.1, -0.05) is 12.1 Å². The molecule has 0 fully saturated rings. The molecule has 0 saturated heterocycles. The van der Waals surface area contributed by atoms with Crippen LogP contribution in [0.3, 0.4) is 0 Å². The lowest BCUT2D eigenvalue weighted by Gasteiger charge is -2.11. The second-order valence-corrected chi connectivity index (χ2v) is 6.95. The standard InChI is InChI=1S/C22H16N8/c1-2-16-12-25-28-19(16)11-15(1)20-13-29-10-8-24-22(29)21(27-20)26-17-3-5-18(6-4-17)30-9-7-23-14-30/h1-14H,(H,25,28)(H,26,27). The number of nitrogens with one attached hydrogen (secondary N) is 2. The first-order valence-electron chi connectivity index (χ1n) is 9.46. The van der Waals surface area contributed by atoms with Crippen molar-refractivity contribution in [2.75, 3.05) is 5.32 Å². The fraction of sp³-hybridized carbons (Fsp3) is 0. The van der Waals surface area contributed by atoms with Crippen molar-refractivity contribution in [1.82, 2.24) is 34.1 Å². The Morgan fingerprint density at radius 2 is 1.90 bits per heavy atom. The molecule has 0 aliphatic heterocycles. The molecule has 2 N–H and O–H groups in total. The molecule has 144 valence electrons. The van der Waals surface area contributed by atoms with Gasteiger partial charge >= 0.3 is 0 Å². The molecule has 0 amide bonds. The number of H-pyrrole nitrogens is 1. The highest BCUT2D eigenvalue weighted by Gasteiger charge is 2.11. The van der Waals surface area contributed by atoms with Gasteiger partial charge in [0.1, 0.15) is 0 Å². The number of hydrogen-bond acceptors (Lipinski definition) is 5. The van der Waals surface area contributed by atoms with Crippen LogP contribution in [0.1, 0.15) is 0 Å². The van der Waals surface area contributed by atoms with Crippen molar-refractivity contribution >= 4 is 28.1 Å². The molecular weight excluding hydrogens is 376 g/mol. The van der Waals surface area contributed by atoms with Crippen LogP contribution >= 0.6 is 0 Å². The molecule has 8 heteroatoms. The molecule has 0 bridgehead atoms. The van der Waals surface area contributed by atoms with E-state index in [9.17, 15) is 0 Å². The van der Waals surface area contributed by atoms with Gasteiger partial charge in [-0.3, -0.25) is 5.10 Å². The second kappa shape index (κ2) is 6.56. The fourth-order valence-corrected chi connectivity index (χ4v) is 3.52. The Morgan fingerprint density at radius 3 is 2.77 bits per heavy atom. The zero-order valence-corrected chi connectivity index (χ0v) is 15.8. The Morgan fingerprint density at radius 1 is 0.967 bits per heavy atom. The summed E-state index contributed by atoms with van der Waals surface area (Å²) in [6.45, 7) is 0. The lowest BCUT2D eigenvalue weighted by molar-refractivity contribution is 1.06. The molecule has 6 aromatic rings. The summed E-state index contributed by atoms with van der Waals surface area (Å²) in [5.41, 5.74) is 5.55. The van der Waals surface area contributed by atoms with Crippen molar-refractivity contribution in [3.8, 4) is 16.9 Å². The maximum atomic E-state index is 4.86. The van der Waals surface area contributed by atoms with E-state index in [0.29, 0.717) is 5.82 Å². The van der Waals surface area contributed by atoms with E-state index < -0.39 is 0 Å². The first kappa shape index (κ1) is 16.5. The highest BCUT2D eigenvalue weighted by atomic mass is 15.1. The fourth-order valence-electron chi connectivity index (χ4n) is 3.52. The second-order valence-electron chi connectivity index (χ2n) is 6.95. The third kappa shape index (κ3) is 2.78. The van der Waals surface area contributed by atoms with Crippen LogP contribution in [0.25, 0.3) is 33.5 Å². The minimum absolute atomic E-state index is 0.692. The number of fused-ring (bicyclic) bond motifs is 2. The molecule has 0 spiro atoms. The van der Waals surface area contributed by atoms with Gasteiger partial charge in [0, 0.05) is 53.3 Å². The zero-order valence-electron chi connectivity index (χ0n) is 15.8. The molecule has 30 heavy (non-hydrogen) atoms. The van der Waals surface area contributed by atoms with Gasteiger partial charge in [0.2, 0.25) is 0 Å². The molecule has 0 aliphatic rings. The van der Waals surface area contributed by atoms with Crippen molar-refractivity contribution in [3.63, 3.8) is 0 Å². The van der Waals surface area contributed by atoms with Crippen LogP contribution < -0.4 is 5.32 Å². The van der Waals surface area contributed by atoms with Crippen LogP contribution in [0.5, 0.6) is 0 Å². The molecule has 2 aromatic carbocycles. The minimum Gasteiger partial charge on any atom is -0.337 e. The third-order valence-corrected chi connectivity index (χ3v) is 5.04. The van der Waals surface area contributed by atoms with E-state index in [1.54, 1.807) is 18.7 Å². The molecule has 6 rings (SSSR count). The van der Waals surface area contributed by atoms with Gasteiger partial charge in [0.05, 0.1) is 23.7 Å². The molecule has 0 radical (unpaired) electrons. The molecule has 0 saturated carbocycles. The van der Waals surface area contributed by atoms with Gasteiger partial charge in [-0.2, -0.15) is 5.10 Å². The molecule has 4 heterocycles. The highest BCUT2D eigenvalue weighted by molar-refractivity contribution is 5.84. The van der Waals surface area contributed by atoms with Gasteiger partial charge in [-0.05, 0) is 30.3 Å². The van der Waals surface area contributed by atoms with E-state index in [1.807, 2.05) is 70.2 Å². The van der Waals surface area contributed by atoms with E-state index in [-0.39, 0.29) is 0 Å². The van der Waals surface area contributed by atoms with E-state index in [0.717, 1.165) is 39.2 Å². The molecule has 0 atom stereocenters. The van der Waals surface area contributed by atoms with Crippen LogP contribution in [0.15, 0.2) is 86.0 Å². The maximum absolute atomic E-state index is 4.86. The first-order chi connectivity index (χ1) is 14.8. The molecule has 0 unspecified atom stereocenters. The summed E-state index contributed by atoms with van der Waals surface area (Å²) < 4.78 is 3.93. The average Bonchev–Trinajstić information content (AvgIpc) is 3.54. The summed E-state index contributed by atoms with van der Waals surface area (Å²) in [7, 11) is 0. The predicted molar refractivity (Wildman–Crippen MR) is 115 cm³/mol. The average molecular weight is 392 g/mol. The Balaban J connectivity index is 1.39. The number of imidazole rings is 2. The number of nitrogens with zero attached hydrogens (tertiary/aromatic N) is 6. The summed E-state index contributed by atoms with van der Waals surface area (Å²) in [6.07, 6.45) is 12.9. The van der Waals surface area contributed by atoms with Crippen LogP contribution in [-0.2, 0) is 0 Å². The Bertz CT molecular complexity index is 1460. The van der Waals surface area contributed by atoms with Crippen LogP contribution in [0, 0.1) is 0 Å². The topological polar surface area (TPSA) is 88.7 Å². The quantitative estimate of drug-likeness (QED) is 0.469. The van der Waals surface area contributed by atoms with Gasteiger partial charge < -0.3 is 14.3 Å². The lowest BCUT2D eigenvalue weighted by atomic mass is 10.1. The number of hydrogen-bond donors (Lipinski definition) is 2. The monoisotopic (exact) mass is 392 g/mol. The van der Waals surface area contributed by atoms with Crippen LogP contribution in [-0.4, -0.2) is 34.1 Å². The number of anilines is 2. The van der Waals surface area contributed by atoms with Gasteiger partial charge in [0.15, 0.2) is 11.5 Å². The van der Waals surface area contributed by atoms with Gasteiger partial charge in [-0.25, -0.2) is 15.0 Å². The SMILES string of the molecule is c1cn(-c2ccc(Nc3nc(-c4ccc5cn[nH]c5c4)cn4ccnc34)cc2)cn1. The normalized spacial score (nSPS) is 11.3. The van der Waals surface area contributed by atoms with Crippen molar-refractivity contribution in [1.29, 1.82) is 0 Å². The Hall–Kier alpha value is -4.46. The number of aromatic amines is 1. The Labute approximate surface area is 170 Å². The van der Waals surface area contributed by atoms with E-state index in [1.165, 1.54) is 0 Å². The summed E-state index contributed by atoms with van der Waals surface area (Å²) in [5, 5.41) is 11.6. The third-order valence-electron chi connectivity index (χ3n) is 5.04. The summed E-state index contributed by atoms with van der Waals surface area (Å²) in [4.78, 5) is 13.4. The molecular formula is C22H16N8. The predicted octanol–water partition coefficient (Wildman–Crippen LogP) is 4.20. The van der Waals surface area contributed by atoms with Crippen molar-refractivity contribution < 1.29 is 0 Å². The molecule has 0 aliphatic carbocycles. The molecule has 4 aromatic heterocycles. The van der Waals surface area contributed by atoms with E-state index in [2.05, 4.69) is 31.5 Å². The molecule has 8 nitrogen and oxygen atoms in total. The van der Waals surface area contributed by atoms with Crippen LogP contribution in [0.2, 0.25) is 0 Å². The van der Waals surface area contributed by atoms with E-state index >= 15 is 0 Å². The Kier molecular flexibility index (Phi) is 3.60. The van der Waals surface area contributed by atoms with Crippen molar-refractivity contribution in [2.24, 2.45) is 0 Å². The number of benzene rings is 2. The largest absolute Gasteiger partial charge is 0.337 e. The number of aromatic nitrogens is 7. The number of rotatable bonds is 4. The first-order valence-corrected chi connectivity index (χ1v) is 9.46.